The predicted molar refractivity (Wildman–Crippen MR) is 90.6 cm³/mol. The van der Waals surface area contributed by atoms with Crippen molar-refractivity contribution in [3.63, 3.8) is 0 Å². The lowest BCUT2D eigenvalue weighted by Crippen LogP contribution is -2.39. The zero-order chi connectivity index (χ0) is 16.5. The van der Waals surface area contributed by atoms with E-state index in [9.17, 15) is 0 Å². The zero-order valence-corrected chi connectivity index (χ0v) is 13.8. The van der Waals surface area contributed by atoms with E-state index < -0.39 is 0 Å². The Balaban J connectivity index is 1.38. The molecule has 2 atom stereocenters. The van der Waals surface area contributed by atoms with Crippen molar-refractivity contribution >= 4 is 11.8 Å². The fraction of sp³-hybridized carbons (Fsp3) is 0.562. The Labute approximate surface area is 141 Å². The lowest BCUT2D eigenvalue weighted by molar-refractivity contribution is 0.0966. The Morgan fingerprint density at radius 3 is 2.96 bits per heavy atom. The van der Waals surface area contributed by atoms with Crippen molar-refractivity contribution < 1.29 is 4.74 Å². The minimum atomic E-state index is 0.103. The van der Waals surface area contributed by atoms with E-state index >= 15 is 0 Å². The number of nitrogens with two attached hydrogens (primary N) is 1. The lowest BCUT2D eigenvalue weighted by Gasteiger charge is -2.17. The molecule has 1 saturated carbocycles. The number of hydrogen-bond donors (Lipinski definition) is 2. The number of imidazole rings is 1. The molecule has 2 aromatic heterocycles. The number of nitrogen functional groups attached to an aromatic ring is 1. The zero-order valence-electron chi connectivity index (χ0n) is 13.8. The van der Waals surface area contributed by atoms with Gasteiger partial charge in [-0.25, -0.2) is 9.97 Å². The van der Waals surface area contributed by atoms with Crippen LogP contribution in [-0.4, -0.2) is 51.9 Å². The quantitative estimate of drug-likeness (QED) is 0.801. The van der Waals surface area contributed by atoms with E-state index in [1.807, 2.05) is 12.4 Å². The van der Waals surface area contributed by atoms with Crippen molar-refractivity contribution in [2.75, 3.05) is 30.8 Å². The highest BCUT2D eigenvalue weighted by Crippen LogP contribution is 2.34. The summed E-state index contributed by atoms with van der Waals surface area (Å²) in [7, 11) is 1.75. The SMILES string of the molecule is CO[C@@H]1CN(c2ccnc(N)n2)C[C@@H]1NCc1cn(C2CC2)cn1. The molecule has 1 aliphatic heterocycles. The van der Waals surface area contributed by atoms with Gasteiger partial charge in [-0.15, -0.1) is 0 Å². The molecule has 4 rings (SSSR count). The summed E-state index contributed by atoms with van der Waals surface area (Å²) in [6.07, 6.45) is 8.41. The highest BCUT2D eigenvalue weighted by molar-refractivity contribution is 5.43. The van der Waals surface area contributed by atoms with Crippen LogP contribution in [0.4, 0.5) is 11.8 Å². The molecule has 0 unspecified atom stereocenters. The third-order valence-corrected chi connectivity index (χ3v) is 4.72. The molecule has 1 saturated heterocycles. The first-order valence-electron chi connectivity index (χ1n) is 8.35. The van der Waals surface area contributed by atoms with Crippen LogP contribution in [0.15, 0.2) is 24.8 Å². The normalized spacial score (nSPS) is 23.8. The Morgan fingerprint density at radius 2 is 2.21 bits per heavy atom. The fourth-order valence-corrected chi connectivity index (χ4v) is 3.21. The maximum atomic E-state index is 5.69. The molecule has 0 aromatic carbocycles. The van der Waals surface area contributed by atoms with Crippen molar-refractivity contribution in [3.05, 3.63) is 30.5 Å². The number of aromatic nitrogens is 4. The first kappa shape index (κ1) is 15.3. The molecule has 0 bridgehead atoms. The predicted octanol–water partition coefficient (Wildman–Crippen LogP) is 0.584. The summed E-state index contributed by atoms with van der Waals surface area (Å²) in [5, 5.41) is 3.57. The molecule has 128 valence electrons. The van der Waals surface area contributed by atoms with Crippen molar-refractivity contribution in [1.29, 1.82) is 0 Å². The van der Waals surface area contributed by atoms with E-state index in [2.05, 4.69) is 35.9 Å². The molecule has 2 aromatic rings. The number of nitrogens with one attached hydrogen (secondary N) is 1. The van der Waals surface area contributed by atoms with Crippen LogP contribution >= 0.6 is 0 Å². The number of rotatable bonds is 6. The molecule has 0 radical (unpaired) electrons. The third kappa shape index (κ3) is 3.20. The lowest BCUT2D eigenvalue weighted by atomic mass is 10.2. The van der Waals surface area contributed by atoms with Gasteiger partial charge in [0, 0.05) is 45.2 Å². The number of methoxy groups -OCH3 is 1. The van der Waals surface area contributed by atoms with E-state index in [0.717, 1.165) is 31.1 Å². The first-order chi connectivity index (χ1) is 11.7. The molecule has 3 heterocycles. The number of hydrogen-bond acceptors (Lipinski definition) is 7. The minimum absolute atomic E-state index is 0.103. The fourth-order valence-electron chi connectivity index (χ4n) is 3.21. The molecule has 1 aliphatic carbocycles. The maximum Gasteiger partial charge on any atom is 0.221 e. The summed E-state index contributed by atoms with van der Waals surface area (Å²) in [5.41, 5.74) is 6.76. The molecule has 0 amide bonds. The minimum Gasteiger partial charge on any atom is -0.378 e. The second kappa shape index (κ2) is 6.37. The molecule has 8 heteroatoms. The Hall–Kier alpha value is -2.19. The second-order valence-electron chi connectivity index (χ2n) is 6.48. The summed E-state index contributed by atoms with van der Waals surface area (Å²) in [6.45, 7) is 2.34. The van der Waals surface area contributed by atoms with E-state index in [0.29, 0.717) is 12.0 Å². The maximum absolute atomic E-state index is 5.69. The van der Waals surface area contributed by atoms with Crippen LogP contribution in [-0.2, 0) is 11.3 Å². The second-order valence-corrected chi connectivity index (χ2v) is 6.48. The average molecular weight is 329 g/mol. The molecule has 2 fully saturated rings. The smallest absolute Gasteiger partial charge is 0.221 e. The van der Waals surface area contributed by atoms with Gasteiger partial charge in [-0.1, -0.05) is 0 Å². The van der Waals surface area contributed by atoms with Crippen LogP contribution < -0.4 is 16.0 Å². The molecule has 0 spiro atoms. The third-order valence-electron chi connectivity index (χ3n) is 4.72. The van der Waals surface area contributed by atoms with Gasteiger partial charge < -0.3 is 25.3 Å². The van der Waals surface area contributed by atoms with Gasteiger partial charge in [0.15, 0.2) is 0 Å². The Kier molecular flexibility index (Phi) is 4.07. The van der Waals surface area contributed by atoms with Crippen LogP contribution in [0.2, 0.25) is 0 Å². The van der Waals surface area contributed by atoms with Crippen molar-refractivity contribution in [1.82, 2.24) is 24.8 Å². The summed E-state index contributed by atoms with van der Waals surface area (Å²) >= 11 is 0. The van der Waals surface area contributed by atoms with Crippen molar-refractivity contribution in [2.24, 2.45) is 0 Å². The average Bonchev–Trinajstić information content (AvgIpc) is 3.19. The largest absolute Gasteiger partial charge is 0.378 e. The summed E-state index contributed by atoms with van der Waals surface area (Å²) < 4.78 is 7.86. The number of nitrogens with zero attached hydrogens (tertiary/aromatic N) is 5. The van der Waals surface area contributed by atoms with Gasteiger partial charge in [0.05, 0.1) is 24.2 Å². The molecule has 3 N–H and O–H groups in total. The van der Waals surface area contributed by atoms with Crippen LogP contribution in [0.25, 0.3) is 0 Å². The molecule has 8 nitrogen and oxygen atoms in total. The van der Waals surface area contributed by atoms with E-state index in [-0.39, 0.29) is 12.1 Å². The van der Waals surface area contributed by atoms with Crippen LogP contribution in [0.1, 0.15) is 24.6 Å². The van der Waals surface area contributed by atoms with Gasteiger partial charge in [-0.05, 0) is 18.9 Å². The Bertz CT molecular complexity index is 699. The number of anilines is 2. The summed E-state index contributed by atoms with van der Waals surface area (Å²) in [5.74, 6) is 1.13. The molecule has 2 aliphatic rings. The highest BCUT2D eigenvalue weighted by atomic mass is 16.5. The first-order valence-corrected chi connectivity index (χ1v) is 8.35. The highest BCUT2D eigenvalue weighted by Gasteiger charge is 2.33. The van der Waals surface area contributed by atoms with E-state index in [1.54, 1.807) is 13.3 Å². The van der Waals surface area contributed by atoms with Gasteiger partial charge in [-0.3, -0.25) is 0 Å². The van der Waals surface area contributed by atoms with Gasteiger partial charge >= 0.3 is 0 Å². The van der Waals surface area contributed by atoms with E-state index in [4.69, 9.17) is 10.5 Å². The molecule has 24 heavy (non-hydrogen) atoms. The van der Waals surface area contributed by atoms with Crippen LogP contribution in [0.3, 0.4) is 0 Å². The van der Waals surface area contributed by atoms with Crippen molar-refractivity contribution in [2.45, 2.75) is 37.6 Å². The van der Waals surface area contributed by atoms with E-state index in [1.165, 1.54) is 12.8 Å². The van der Waals surface area contributed by atoms with Gasteiger partial charge in [-0.2, -0.15) is 4.98 Å². The van der Waals surface area contributed by atoms with Gasteiger partial charge in [0.1, 0.15) is 5.82 Å². The van der Waals surface area contributed by atoms with Crippen molar-refractivity contribution in [3.8, 4) is 0 Å². The van der Waals surface area contributed by atoms with Crippen LogP contribution in [0, 0.1) is 0 Å². The van der Waals surface area contributed by atoms with Gasteiger partial charge in [0.2, 0.25) is 5.95 Å². The number of ether oxygens (including phenoxy) is 1. The topological polar surface area (TPSA) is 94.1 Å². The van der Waals surface area contributed by atoms with Gasteiger partial charge in [0.25, 0.3) is 0 Å². The molecular formula is C16H23N7O. The monoisotopic (exact) mass is 329 g/mol. The Morgan fingerprint density at radius 1 is 1.33 bits per heavy atom. The summed E-state index contributed by atoms with van der Waals surface area (Å²) in [6, 6.07) is 2.77. The summed E-state index contributed by atoms with van der Waals surface area (Å²) in [4.78, 5) is 14.9. The molecular weight excluding hydrogens is 306 g/mol. The standard InChI is InChI=1S/C16H23N7O/c1-24-14-9-22(15-4-5-18-16(17)21-15)8-13(14)19-6-11-7-23(10-20-11)12-2-3-12/h4-5,7,10,12-14,19H,2-3,6,8-9H2,1H3,(H2,17,18,21)/t13-,14+/m0/s1. The van der Waals surface area contributed by atoms with Crippen LogP contribution in [0.5, 0.6) is 0 Å².